The van der Waals surface area contributed by atoms with Gasteiger partial charge < -0.3 is 20.3 Å². The fourth-order valence-corrected chi connectivity index (χ4v) is 5.95. The molecule has 2 atom stereocenters. The molecular weight excluding hydrogens is 464 g/mol. The number of likely N-dealkylation sites (tertiary alicyclic amines) is 1. The van der Waals surface area contributed by atoms with E-state index in [0.29, 0.717) is 18.7 Å². The molecule has 2 aromatic heterocycles. The number of nitrogens with one attached hydrogen (secondary N) is 2. The summed E-state index contributed by atoms with van der Waals surface area (Å²) in [4.78, 5) is 24.7. The summed E-state index contributed by atoms with van der Waals surface area (Å²) in [6.45, 7) is 6.89. The molecule has 0 saturated carbocycles. The summed E-state index contributed by atoms with van der Waals surface area (Å²) < 4.78 is 2.01. The van der Waals surface area contributed by atoms with Gasteiger partial charge in [0.15, 0.2) is 0 Å². The first kappa shape index (κ1) is 23.9. The van der Waals surface area contributed by atoms with Crippen molar-refractivity contribution in [2.75, 3.05) is 25.0 Å². The summed E-state index contributed by atoms with van der Waals surface area (Å²) in [7, 11) is 1.99. The standard InChI is InChI=1S/C29H34N6O2/c1-29(2,37)18-5-4-13-35(17-18)19-6-9-25(31-15-19)33-24-8-7-20(23-16-32-28(36)26(23)24)21-10-12-30-27-22(21)11-14-34(27)3/h6-12,14,18-19,37H,4-5,13,15-17H2,1-3H3,(H,31,33)(H,32,36)/t18-,19?/m1/s1. The lowest BCUT2D eigenvalue weighted by atomic mass is 9.83. The molecule has 3 aliphatic rings. The molecule has 8 nitrogen and oxygen atoms in total. The topological polar surface area (TPSA) is 94.8 Å². The van der Waals surface area contributed by atoms with Crippen molar-refractivity contribution in [2.45, 2.75) is 44.9 Å². The van der Waals surface area contributed by atoms with E-state index in [0.717, 1.165) is 65.2 Å². The number of aryl methyl sites for hydroxylation is 1. The molecular formula is C29H34N6O2. The lowest BCUT2D eigenvalue weighted by Crippen LogP contribution is -2.49. The Balaban J connectivity index is 1.23. The van der Waals surface area contributed by atoms with Crippen molar-refractivity contribution in [1.82, 2.24) is 19.8 Å². The Morgan fingerprint density at radius 2 is 2.05 bits per heavy atom. The first-order valence-corrected chi connectivity index (χ1v) is 13.1. The molecule has 1 saturated heterocycles. The maximum atomic E-state index is 12.9. The number of carbonyl (C=O) groups is 1. The average molecular weight is 499 g/mol. The predicted molar refractivity (Wildman–Crippen MR) is 147 cm³/mol. The van der Waals surface area contributed by atoms with Crippen LogP contribution in [0.2, 0.25) is 0 Å². The quantitative estimate of drug-likeness (QED) is 0.510. The fourth-order valence-electron chi connectivity index (χ4n) is 5.95. The van der Waals surface area contributed by atoms with Crippen LogP contribution in [0.1, 0.15) is 42.6 Å². The number of piperidine rings is 1. The Morgan fingerprint density at radius 3 is 2.84 bits per heavy atom. The van der Waals surface area contributed by atoms with Crippen LogP contribution in [0.4, 0.5) is 5.69 Å². The number of pyridine rings is 1. The molecule has 0 bridgehead atoms. The predicted octanol–water partition coefficient (Wildman–Crippen LogP) is 3.72. The summed E-state index contributed by atoms with van der Waals surface area (Å²) in [6.07, 6.45) is 10.2. The van der Waals surface area contributed by atoms with Crippen LogP contribution in [-0.2, 0) is 13.6 Å². The minimum Gasteiger partial charge on any atom is -0.390 e. The van der Waals surface area contributed by atoms with Gasteiger partial charge in [-0.05, 0) is 80.1 Å². The van der Waals surface area contributed by atoms with E-state index in [9.17, 15) is 9.90 Å². The minimum absolute atomic E-state index is 0.0676. The van der Waals surface area contributed by atoms with E-state index >= 15 is 0 Å². The number of benzene rings is 1. The van der Waals surface area contributed by atoms with E-state index in [1.165, 1.54) is 0 Å². The Labute approximate surface area is 217 Å². The van der Waals surface area contributed by atoms with Crippen molar-refractivity contribution >= 4 is 28.5 Å². The monoisotopic (exact) mass is 498 g/mol. The maximum absolute atomic E-state index is 12.9. The van der Waals surface area contributed by atoms with Crippen LogP contribution >= 0.6 is 0 Å². The summed E-state index contributed by atoms with van der Waals surface area (Å²) >= 11 is 0. The highest BCUT2D eigenvalue weighted by molar-refractivity contribution is 6.12. The molecule has 3 aliphatic heterocycles. The molecule has 1 fully saturated rings. The Bertz CT molecular complexity index is 1430. The van der Waals surface area contributed by atoms with Crippen molar-refractivity contribution < 1.29 is 9.90 Å². The molecule has 8 heteroatoms. The van der Waals surface area contributed by atoms with Crippen molar-refractivity contribution in [3.05, 3.63) is 59.9 Å². The van der Waals surface area contributed by atoms with Gasteiger partial charge in [-0.2, -0.15) is 0 Å². The number of dihydropyridines is 1. The summed E-state index contributed by atoms with van der Waals surface area (Å²) in [5.41, 5.74) is 4.83. The van der Waals surface area contributed by atoms with Gasteiger partial charge in [-0.25, -0.2) is 4.98 Å². The lowest BCUT2D eigenvalue weighted by molar-refractivity contribution is -0.0225. The molecule has 192 valence electrons. The number of carbonyl (C=O) groups excluding carboxylic acids is 1. The number of amidine groups is 1. The number of hydrogen-bond acceptors (Lipinski definition) is 6. The van der Waals surface area contributed by atoms with Gasteiger partial charge in [-0.15, -0.1) is 0 Å². The zero-order chi connectivity index (χ0) is 25.7. The molecule has 1 aromatic carbocycles. The third-order valence-electron chi connectivity index (χ3n) is 8.13. The van der Waals surface area contributed by atoms with Crippen LogP contribution in [0, 0.1) is 5.92 Å². The van der Waals surface area contributed by atoms with E-state index in [4.69, 9.17) is 4.99 Å². The van der Waals surface area contributed by atoms with Gasteiger partial charge in [0.05, 0.1) is 23.4 Å². The molecule has 6 rings (SSSR count). The van der Waals surface area contributed by atoms with Gasteiger partial charge in [0.1, 0.15) is 11.5 Å². The molecule has 3 N–H and O–H groups in total. The number of aliphatic hydroxyl groups is 1. The van der Waals surface area contributed by atoms with Gasteiger partial charge in [-0.3, -0.25) is 14.7 Å². The molecule has 3 aromatic rings. The Morgan fingerprint density at radius 1 is 1.19 bits per heavy atom. The SMILES string of the molecule is Cn1ccc2c(-c3ccc(NC4=NCC(N5CCC[C@@H](C(C)(C)O)C5)C=C4)c4c3CNC4=O)ccnc21. The van der Waals surface area contributed by atoms with Gasteiger partial charge >= 0.3 is 0 Å². The molecule has 37 heavy (non-hydrogen) atoms. The second-order valence-corrected chi connectivity index (χ2v) is 11.0. The number of nitrogens with zero attached hydrogens (tertiary/aromatic N) is 4. The number of hydrogen-bond donors (Lipinski definition) is 3. The number of fused-ring (bicyclic) bond motifs is 2. The molecule has 0 spiro atoms. The highest BCUT2D eigenvalue weighted by Crippen LogP contribution is 2.37. The molecule has 0 radical (unpaired) electrons. The van der Waals surface area contributed by atoms with Crippen LogP contribution in [0.25, 0.3) is 22.2 Å². The maximum Gasteiger partial charge on any atom is 0.254 e. The molecule has 1 unspecified atom stereocenters. The smallest absolute Gasteiger partial charge is 0.254 e. The first-order chi connectivity index (χ1) is 17.8. The van der Waals surface area contributed by atoms with Crippen molar-refractivity contribution in [3.8, 4) is 11.1 Å². The van der Waals surface area contributed by atoms with Crippen molar-refractivity contribution in [2.24, 2.45) is 18.0 Å². The Hall–Kier alpha value is -3.49. The summed E-state index contributed by atoms with van der Waals surface area (Å²) in [5.74, 6) is 0.966. The number of anilines is 1. The minimum atomic E-state index is -0.664. The largest absolute Gasteiger partial charge is 0.390 e. The van der Waals surface area contributed by atoms with Gasteiger partial charge in [0, 0.05) is 44.0 Å². The highest BCUT2D eigenvalue weighted by Gasteiger charge is 2.34. The van der Waals surface area contributed by atoms with E-state index < -0.39 is 5.60 Å². The normalized spacial score (nSPS) is 22.2. The summed E-state index contributed by atoms with van der Waals surface area (Å²) in [5, 5.41) is 18.0. The van der Waals surface area contributed by atoms with Crippen molar-refractivity contribution in [3.63, 3.8) is 0 Å². The summed E-state index contributed by atoms with van der Waals surface area (Å²) in [6, 6.07) is 8.39. The van der Waals surface area contributed by atoms with E-state index in [2.05, 4.69) is 38.7 Å². The Kier molecular flexibility index (Phi) is 5.88. The first-order valence-electron chi connectivity index (χ1n) is 13.1. The second-order valence-electron chi connectivity index (χ2n) is 11.0. The van der Waals surface area contributed by atoms with Gasteiger partial charge in [-0.1, -0.05) is 12.1 Å². The zero-order valence-electron chi connectivity index (χ0n) is 21.7. The molecule has 0 aliphatic carbocycles. The van der Waals surface area contributed by atoms with Crippen LogP contribution in [0.5, 0.6) is 0 Å². The van der Waals surface area contributed by atoms with Crippen LogP contribution in [0.3, 0.4) is 0 Å². The lowest BCUT2D eigenvalue weighted by Gasteiger charge is -2.41. The zero-order valence-corrected chi connectivity index (χ0v) is 21.7. The van der Waals surface area contributed by atoms with Crippen LogP contribution < -0.4 is 10.6 Å². The molecule has 5 heterocycles. The third-order valence-corrected chi connectivity index (χ3v) is 8.13. The fraction of sp³-hybridized carbons (Fsp3) is 0.414. The van der Waals surface area contributed by atoms with Gasteiger partial charge in [0.25, 0.3) is 5.91 Å². The highest BCUT2D eigenvalue weighted by atomic mass is 16.3. The third kappa shape index (κ3) is 4.34. The number of aromatic nitrogens is 2. The number of amides is 1. The van der Waals surface area contributed by atoms with E-state index in [1.807, 2.05) is 56.1 Å². The van der Waals surface area contributed by atoms with Crippen LogP contribution in [-0.4, -0.2) is 62.6 Å². The van der Waals surface area contributed by atoms with Crippen LogP contribution in [0.15, 0.2) is 53.8 Å². The van der Waals surface area contributed by atoms with Crippen molar-refractivity contribution in [1.29, 1.82) is 0 Å². The average Bonchev–Trinajstić information content (AvgIpc) is 3.47. The van der Waals surface area contributed by atoms with Gasteiger partial charge in [0.2, 0.25) is 0 Å². The number of rotatable bonds is 4. The van der Waals surface area contributed by atoms with E-state index in [1.54, 1.807) is 0 Å². The van der Waals surface area contributed by atoms with E-state index in [-0.39, 0.29) is 17.9 Å². The molecule has 1 amide bonds. The second kappa shape index (κ2) is 9.11. The number of aliphatic imine (C=N–C) groups is 1.